The molecule has 0 fully saturated rings. The second-order valence-electron chi connectivity index (χ2n) is 5.23. The fourth-order valence-corrected chi connectivity index (χ4v) is 2.34. The first-order valence-corrected chi connectivity index (χ1v) is 7.09. The molecule has 0 aliphatic rings. The summed E-state index contributed by atoms with van der Waals surface area (Å²) in [7, 11) is 1.53. The summed E-state index contributed by atoms with van der Waals surface area (Å²) in [5.74, 6) is -0.560. The van der Waals surface area contributed by atoms with Crippen molar-refractivity contribution in [3.05, 3.63) is 58.6 Å². The van der Waals surface area contributed by atoms with Crippen molar-refractivity contribution in [2.75, 3.05) is 10.6 Å². The summed E-state index contributed by atoms with van der Waals surface area (Å²) in [6, 6.07) is 8.27. The number of aromatic nitrogens is 1. The number of alkyl halides is 3. The molecular formula is C16H12F3N3O3. The number of anilines is 2. The van der Waals surface area contributed by atoms with E-state index in [1.807, 2.05) is 0 Å². The Bertz CT molecular complexity index is 1010. The largest absolute Gasteiger partial charge is 0.419 e. The maximum absolute atomic E-state index is 12.9. The molecule has 0 atom stereocenters. The molecule has 1 aromatic heterocycles. The number of aryl methyl sites for hydroxylation is 1. The first-order chi connectivity index (χ1) is 11.8. The lowest BCUT2D eigenvalue weighted by Crippen LogP contribution is -2.21. The Kier molecular flexibility index (Phi) is 3.99. The van der Waals surface area contributed by atoms with E-state index in [9.17, 15) is 22.8 Å². The van der Waals surface area contributed by atoms with Crippen LogP contribution < -0.4 is 16.4 Å². The number of rotatable bonds is 2. The van der Waals surface area contributed by atoms with E-state index in [2.05, 4.69) is 10.6 Å². The number of hydrogen-bond acceptors (Lipinski definition) is 3. The molecule has 130 valence electrons. The molecule has 0 aliphatic heterocycles. The minimum atomic E-state index is -4.59. The molecule has 2 amide bonds. The Morgan fingerprint density at radius 3 is 2.56 bits per heavy atom. The van der Waals surface area contributed by atoms with Crippen LogP contribution in [0.3, 0.4) is 0 Å². The number of carbonyl (C=O) groups is 1. The lowest BCUT2D eigenvalue weighted by molar-refractivity contribution is -0.136. The summed E-state index contributed by atoms with van der Waals surface area (Å²) in [6.45, 7) is 0. The fourth-order valence-electron chi connectivity index (χ4n) is 2.34. The number of para-hydroxylation sites is 1. The van der Waals surface area contributed by atoms with Crippen molar-refractivity contribution < 1.29 is 22.4 Å². The Morgan fingerprint density at radius 1 is 1.12 bits per heavy atom. The van der Waals surface area contributed by atoms with Crippen LogP contribution in [0.2, 0.25) is 0 Å². The van der Waals surface area contributed by atoms with Gasteiger partial charge in [0.1, 0.15) is 0 Å². The molecule has 3 rings (SSSR count). The molecule has 25 heavy (non-hydrogen) atoms. The molecule has 2 N–H and O–H groups in total. The molecule has 6 nitrogen and oxygen atoms in total. The molecule has 3 aromatic rings. The van der Waals surface area contributed by atoms with Crippen LogP contribution in [0.15, 0.2) is 51.7 Å². The average molecular weight is 351 g/mol. The van der Waals surface area contributed by atoms with Gasteiger partial charge in [0.25, 0.3) is 0 Å². The van der Waals surface area contributed by atoms with Crippen molar-refractivity contribution in [3.8, 4) is 0 Å². The Labute approximate surface area is 138 Å². The van der Waals surface area contributed by atoms with Gasteiger partial charge in [-0.1, -0.05) is 12.1 Å². The van der Waals surface area contributed by atoms with E-state index in [-0.39, 0.29) is 17.0 Å². The van der Waals surface area contributed by atoms with E-state index in [0.29, 0.717) is 5.52 Å². The second kappa shape index (κ2) is 6.00. The molecule has 2 aromatic carbocycles. The van der Waals surface area contributed by atoms with Gasteiger partial charge in [-0.15, -0.1) is 0 Å². The van der Waals surface area contributed by atoms with Gasteiger partial charge in [-0.05, 0) is 24.3 Å². The van der Waals surface area contributed by atoms with E-state index >= 15 is 0 Å². The van der Waals surface area contributed by atoms with E-state index in [0.717, 1.165) is 12.1 Å². The van der Waals surface area contributed by atoms with Gasteiger partial charge in [0, 0.05) is 18.8 Å². The molecule has 9 heteroatoms. The summed E-state index contributed by atoms with van der Waals surface area (Å²) in [5.41, 5.74) is -0.266. The van der Waals surface area contributed by atoms with Crippen LogP contribution in [-0.2, 0) is 13.2 Å². The van der Waals surface area contributed by atoms with Crippen molar-refractivity contribution in [1.82, 2.24) is 4.57 Å². The summed E-state index contributed by atoms with van der Waals surface area (Å²) < 4.78 is 45.1. The number of hydrogen-bond donors (Lipinski definition) is 2. The summed E-state index contributed by atoms with van der Waals surface area (Å²) in [4.78, 5) is 23.4. The highest BCUT2D eigenvalue weighted by Gasteiger charge is 2.33. The third-order valence-electron chi connectivity index (χ3n) is 3.53. The van der Waals surface area contributed by atoms with E-state index in [1.165, 1.54) is 35.9 Å². The number of oxazole rings is 1. The van der Waals surface area contributed by atoms with Gasteiger partial charge in [0.2, 0.25) is 0 Å². The lowest BCUT2D eigenvalue weighted by Gasteiger charge is -2.14. The third kappa shape index (κ3) is 3.35. The van der Waals surface area contributed by atoms with Gasteiger partial charge in [-0.25, -0.2) is 9.59 Å². The van der Waals surface area contributed by atoms with Gasteiger partial charge >= 0.3 is 18.0 Å². The Balaban J connectivity index is 1.81. The molecule has 0 unspecified atom stereocenters. The maximum atomic E-state index is 12.9. The highest BCUT2D eigenvalue weighted by Crippen LogP contribution is 2.34. The predicted octanol–water partition coefficient (Wildman–Crippen LogP) is 3.79. The molecule has 0 radical (unpaired) electrons. The number of urea groups is 1. The van der Waals surface area contributed by atoms with Crippen molar-refractivity contribution in [2.24, 2.45) is 7.05 Å². The fraction of sp³-hybridized carbons (Fsp3) is 0.125. The highest BCUT2D eigenvalue weighted by molar-refractivity contribution is 6.01. The first kappa shape index (κ1) is 16.6. The number of amides is 2. The quantitative estimate of drug-likeness (QED) is 0.737. The summed E-state index contributed by atoms with van der Waals surface area (Å²) in [5, 5.41) is 4.56. The minimum absolute atomic E-state index is 0.251. The molecule has 0 saturated heterocycles. The number of halogens is 3. The Hall–Kier alpha value is -3.23. The smallest absolute Gasteiger partial charge is 0.408 e. The molecular weight excluding hydrogens is 339 g/mol. The first-order valence-electron chi connectivity index (χ1n) is 7.09. The van der Waals surface area contributed by atoms with Crippen molar-refractivity contribution in [1.29, 1.82) is 0 Å². The minimum Gasteiger partial charge on any atom is -0.408 e. The number of nitrogens with zero attached hydrogens (tertiary/aromatic N) is 1. The van der Waals surface area contributed by atoms with E-state index < -0.39 is 23.5 Å². The zero-order valence-electron chi connectivity index (χ0n) is 12.8. The molecule has 0 aliphatic carbocycles. The van der Waals surface area contributed by atoms with Crippen molar-refractivity contribution in [2.45, 2.75) is 6.18 Å². The van der Waals surface area contributed by atoms with E-state index in [4.69, 9.17) is 4.42 Å². The summed E-state index contributed by atoms with van der Waals surface area (Å²) in [6.07, 6.45) is -4.59. The number of nitrogens with one attached hydrogen (secondary N) is 2. The standard InChI is InChI=1S/C16H12F3N3O3/c1-22-12-7-6-9(8-13(12)25-15(22)24)20-14(23)21-11-5-3-2-4-10(11)16(17,18)19/h2-8H,1H3,(H2,20,21,23). The average Bonchev–Trinajstić information content (AvgIpc) is 2.81. The maximum Gasteiger partial charge on any atom is 0.419 e. The zero-order chi connectivity index (χ0) is 18.2. The molecule has 0 bridgehead atoms. The van der Waals surface area contributed by atoms with Crippen LogP contribution in [0.5, 0.6) is 0 Å². The molecule has 0 saturated carbocycles. The predicted molar refractivity (Wildman–Crippen MR) is 85.5 cm³/mol. The highest BCUT2D eigenvalue weighted by atomic mass is 19.4. The van der Waals surface area contributed by atoms with Crippen LogP contribution in [-0.4, -0.2) is 10.6 Å². The van der Waals surface area contributed by atoms with Gasteiger partial charge < -0.3 is 15.1 Å². The van der Waals surface area contributed by atoms with Crippen LogP contribution in [0.1, 0.15) is 5.56 Å². The van der Waals surface area contributed by atoms with Crippen molar-refractivity contribution in [3.63, 3.8) is 0 Å². The summed E-state index contributed by atoms with van der Waals surface area (Å²) >= 11 is 0. The van der Waals surface area contributed by atoms with Crippen LogP contribution >= 0.6 is 0 Å². The number of fused-ring (bicyclic) bond motifs is 1. The molecule has 0 spiro atoms. The topological polar surface area (TPSA) is 76.3 Å². The van der Waals surface area contributed by atoms with Gasteiger partial charge in [0.15, 0.2) is 5.58 Å². The van der Waals surface area contributed by atoms with Gasteiger partial charge in [-0.3, -0.25) is 4.57 Å². The zero-order valence-corrected chi connectivity index (χ0v) is 12.8. The number of benzene rings is 2. The number of carbonyl (C=O) groups excluding carboxylic acids is 1. The normalized spacial score (nSPS) is 11.5. The second-order valence-corrected chi connectivity index (χ2v) is 5.23. The molecule has 1 heterocycles. The van der Waals surface area contributed by atoms with Crippen LogP contribution in [0, 0.1) is 0 Å². The van der Waals surface area contributed by atoms with Crippen LogP contribution in [0.4, 0.5) is 29.3 Å². The van der Waals surface area contributed by atoms with Gasteiger partial charge in [-0.2, -0.15) is 13.2 Å². The monoisotopic (exact) mass is 351 g/mol. The van der Waals surface area contributed by atoms with E-state index in [1.54, 1.807) is 6.07 Å². The SMILES string of the molecule is Cn1c(=O)oc2cc(NC(=O)Nc3ccccc3C(F)(F)F)ccc21. The van der Waals surface area contributed by atoms with Crippen LogP contribution in [0.25, 0.3) is 11.1 Å². The lowest BCUT2D eigenvalue weighted by atomic mass is 10.1. The van der Waals surface area contributed by atoms with Crippen molar-refractivity contribution >= 4 is 28.5 Å². The Morgan fingerprint density at radius 2 is 1.84 bits per heavy atom. The third-order valence-corrected chi connectivity index (χ3v) is 3.53. The van der Waals surface area contributed by atoms with Gasteiger partial charge in [0.05, 0.1) is 16.8 Å².